The number of aliphatic hydroxyl groups is 4. The quantitative estimate of drug-likeness (QED) is 0.388. The fourth-order valence-corrected chi connectivity index (χ4v) is 0.841. The maximum Gasteiger partial charge on any atom is 0.193 e. The highest BCUT2D eigenvalue weighted by Crippen LogP contribution is 2.05. The van der Waals surface area contributed by atoms with Gasteiger partial charge in [-0.1, -0.05) is 0 Å². The van der Waals surface area contributed by atoms with Crippen LogP contribution in [0.25, 0.3) is 0 Å². The van der Waals surface area contributed by atoms with Gasteiger partial charge in [-0.15, -0.1) is 12.3 Å². The van der Waals surface area contributed by atoms with Crippen molar-refractivity contribution in [3.63, 3.8) is 0 Å². The highest BCUT2D eigenvalue weighted by atomic mass is 16.4. The van der Waals surface area contributed by atoms with Crippen molar-refractivity contribution in [1.29, 1.82) is 0 Å². The molecular weight excluding hydrogens is 188 g/mol. The van der Waals surface area contributed by atoms with Gasteiger partial charge in [0, 0.05) is 6.42 Å². The molecule has 0 aromatic rings. The van der Waals surface area contributed by atoms with Gasteiger partial charge in [0.25, 0.3) is 0 Å². The Morgan fingerprint density at radius 2 is 1.86 bits per heavy atom. The summed E-state index contributed by atoms with van der Waals surface area (Å²) in [6.07, 6.45) is -1.59. The van der Waals surface area contributed by atoms with E-state index in [4.69, 9.17) is 26.8 Å². The van der Waals surface area contributed by atoms with Crippen molar-refractivity contribution in [2.24, 2.45) is 0 Å². The Morgan fingerprint density at radius 3 is 2.21 bits per heavy atom. The molecule has 1 unspecified atom stereocenters. The van der Waals surface area contributed by atoms with E-state index >= 15 is 0 Å². The maximum atomic E-state index is 11.1. The van der Waals surface area contributed by atoms with E-state index in [2.05, 4.69) is 0 Å². The van der Waals surface area contributed by atoms with Crippen LogP contribution in [0.4, 0.5) is 0 Å². The fraction of sp³-hybridized carbons (Fsp3) is 0.667. The molecular formula is C9H14O5. The van der Waals surface area contributed by atoms with Crippen molar-refractivity contribution in [1.82, 2.24) is 0 Å². The summed E-state index contributed by atoms with van der Waals surface area (Å²) in [7, 11) is 0. The molecule has 0 aromatic carbocycles. The Morgan fingerprint density at radius 1 is 1.36 bits per heavy atom. The van der Waals surface area contributed by atoms with Crippen LogP contribution in [0.2, 0.25) is 0 Å². The van der Waals surface area contributed by atoms with Crippen LogP contribution in [0.15, 0.2) is 0 Å². The number of terminal acetylenes is 1. The van der Waals surface area contributed by atoms with Crippen LogP contribution in [-0.2, 0) is 4.79 Å². The molecule has 5 heteroatoms. The minimum absolute atomic E-state index is 0.234. The maximum absolute atomic E-state index is 11.1. The first kappa shape index (κ1) is 13.1. The van der Waals surface area contributed by atoms with Gasteiger partial charge < -0.3 is 20.4 Å². The van der Waals surface area contributed by atoms with E-state index in [1.54, 1.807) is 0 Å². The third kappa shape index (κ3) is 3.44. The predicted octanol–water partition coefficient (Wildman–Crippen LogP) is -1.96. The molecule has 0 spiro atoms. The summed E-state index contributed by atoms with van der Waals surface area (Å²) in [6.45, 7) is 1.22. The van der Waals surface area contributed by atoms with Gasteiger partial charge in [-0.3, -0.25) is 4.79 Å². The lowest BCUT2D eigenvalue weighted by Crippen LogP contribution is -2.45. The average molecular weight is 202 g/mol. The van der Waals surface area contributed by atoms with Gasteiger partial charge in [0.05, 0.1) is 6.10 Å². The van der Waals surface area contributed by atoms with Gasteiger partial charge >= 0.3 is 0 Å². The molecule has 4 N–H and O–H groups in total. The molecule has 0 aromatic heterocycles. The molecule has 0 fully saturated rings. The third-order valence-corrected chi connectivity index (χ3v) is 1.75. The summed E-state index contributed by atoms with van der Waals surface area (Å²) < 4.78 is 0. The second-order valence-electron chi connectivity index (χ2n) is 3.00. The van der Waals surface area contributed by atoms with Crippen LogP contribution in [0, 0.1) is 12.3 Å². The van der Waals surface area contributed by atoms with Gasteiger partial charge in [0.1, 0.15) is 18.3 Å². The van der Waals surface area contributed by atoms with Crippen molar-refractivity contribution >= 4 is 5.78 Å². The lowest BCUT2D eigenvalue weighted by Gasteiger charge is -2.20. The van der Waals surface area contributed by atoms with E-state index < -0.39 is 30.2 Å². The zero-order valence-electron chi connectivity index (χ0n) is 7.79. The van der Waals surface area contributed by atoms with E-state index in [0.717, 1.165) is 0 Å². The minimum Gasteiger partial charge on any atom is -0.391 e. The Bertz CT molecular complexity index is 230. The van der Waals surface area contributed by atoms with Gasteiger partial charge in [-0.2, -0.15) is 0 Å². The summed E-state index contributed by atoms with van der Waals surface area (Å²) in [4.78, 5) is 11.1. The highest BCUT2D eigenvalue weighted by Gasteiger charge is 2.31. The van der Waals surface area contributed by atoms with E-state index in [0.29, 0.717) is 0 Å². The summed E-state index contributed by atoms with van der Waals surface area (Å²) in [5.41, 5.74) is 0. The second-order valence-corrected chi connectivity index (χ2v) is 3.00. The zero-order valence-corrected chi connectivity index (χ0v) is 7.79. The normalized spacial score (nSPS) is 19.1. The van der Waals surface area contributed by atoms with Crippen molar-refractivity contribution in [3.05, 3.63) is 0 Å². The smallest absolute Gasteiger partial charge is 0.193 e. The monoisotopic (exact) mass is 202 g/mol. The number of Topliss-reactive ketones (excluding diaryl/α,β-unsaturated/α-hetero) is 1. The zero-order chi connectivity index (χ0) is 11.3. The number of hydrogen-bond acceptors (Lipinski definition) is 5. The minimum atomic E-state index is -1.82. The molecule has 0 radical (unpaired) electrons. The van der Waals surface area contributed by atoms with Crippen LogP contribution >= 0.6 is 0 Å². The molecule has 0 saturated heterocycles. The average Bonchev–Trinajstić information content (AvgIpc) is 2.14. The molecule has 0 aliphatic rings. The molecule has 80 valence electrons. The number of rotatable bonds is 5. The van der Waals surface area contributed by atoms with Crippen LogP contribution in [0.1, 0.15) is 13.3 Å². The van der Waals surface area contributed by atoms with Crippen LogP contribution in [0.5, 0.6) is 0 Å². The molecule has 0 heterocycles. The number of carbonyl (C=O) groups is 1. The highest BCUT2D eigenvalue weighted by molar-refractivity contribution is 5.87. The van der Waals surface area contributed by atoms with E-state index in [1.165, 1.54) is 6.92 Å². The molecule has 0 aliphatic carbocycles. The first-order chi connectivity index (χ1) is 6.41. The van der Waals surface area contributed by atoms with Gasteiger partial charge in [-0.25, -0.2) is 0 Å². The first-order valence-corrected chi connectivity index (χ1v) is 4.11. The molecule has 14 heavy (non-hydrogen) atoms. The van der Waals surface area contributed by atoms with Crippen molar-refractivity contribution in [2.45, 2.75) is 37.8 Å². The largest absolute Gasteiger partial charge is 0.391 e. The van der Waals surface area contributed by atoms with E-state index in [1.807, 2.05) is 5.92 Å². The number of aliphatic hydroxyl groups excluding tert-OH is 4. The molecule has 0 saturated carbocycles. The Kier molecular flexibility index (Phi) is 5.35. The summed E-state index contributed by atoms with van der Waals surface area (Å²) in [5, 5.41) is 36.2. The van der Waals surface area contributed by atoms with E-state index in [9.17, 15) is 4.79 Å². The molecule has 5 nitrogen and oxygen atoms in total. The third-order valence-electron chi connectivity index (χ3n) is 1.75. The summed E-state index contributed by atoms with van der Waals surface area (Å²) in [5.74, 6) is 1.06. The number of hydrogen-bond donors (Lipinski definition) is 4. The Labute approximate surface area is 82.0 Å². The summed E-state index contributed by atoms with van der Waals surface area (Å²) in [6, 6.07) is 0. The fourth-order valence-electron chi connectivity index (χ4n) is 0.841. The molecule has 0 bridgehead atoms. The van der Waals surface area contributed by atoms with Crippen molar-refractivity contribution in [2.75, 3.05) is 0 Å². The topological polar surface area (TPSA) is 98.0 Å². The number of carbonyl (C=O) groups excluding carboxylic acids is 1. The molecule has 0 aliphatic heterocycles. The Hall–Kier alpha value is -0.930. The molecule has 0 amide bonds. The summed E-state index contributed by atoms with van der Waals surface area (Å²) >= 11 is 0. The lowest BCUT2D eigenvalue weighted by molar-refractivity contribution is -0.145. The van der Waals surface area contributed by atoms with Crippen LogP contribution in [0.3, 0.4) is 0 Å². The van der Waals surface area contributed by atoms with Crippen LogP contribution < -0.4 is 0 Å². The van der Waals surface area contributed by atoms with E-state index in [-0.39, 0.29) is 6.42 Å². The molecule has 4 atom stereocenters. The van der Waals surface area contributed by atoms with Gasteiger partial charge in [0.2, 0.25) is 0 Å². The number of ketones is 1. The first-order valence-electron chi connectivity index (χ1n) is 4.11. The van der Waals surface area contributed by atoms with Gasteiger partial charge in [-0.05, 0) is 6.92 Å². The van der Waals surface area contributed by atoms with Gasteiger partial charge in [0.15, 0.2) is 5.78 Å². The molecule has 0 rings (SSSR count). The second kappa shape index (κ2) is 5.73. The van der Waals surface area contributed by atoms with Crippen molar-refractivity contribution in [3.8, 4) is 12.3 Å². The van der Waals surface area contributed by atoms with Crippen LogP contribution in [-0.4, -0.2) is 50.6 Å². The SMILES string of the molecule is C#CCC(O)C(=O)[C@@H](O)[C@@H](O)[C@@H](C)O. The Balaban J connectivity index is 4.32. The predicted molar refractivity (Wildman–Crippen MR) is 48.2 cm³/mol. The van der Waals surface area contributed by atoms with Crippen molar-refractivity contribution < 1.29 is 25.2 Å². The standard InChI is InChI=1S/C9H14O5/c1-3-4-6(11)8(13)9(14)7(12)5(2)10/h1,5-7,9-12,14H,4H2,2H3/t5-,6?,7+,9+/m1/s1. The lowest BCUT2D eigenvalue weighted by atomic mass is 10.0.